The van der Waals surface area contributed by atoms with Crippen LogP contribution in [-0.4, -0.2) is 15.0 Å². The normalized spacial score (nSPS) is 10.5. The third kappa shape index (κ3) is 2.66. The topological polar surface area (TPSA) is 53.6 Å². The van der Waals surface area contributed by atoms with Crippen LogP contribution >= 0.6 is 0 Å². The maximum Gasteiger partial charge on any atom is 0.227 e. The van der Waals surface area contributed by atoms with Crippen LogP contribution in [0.4, 0.5) is 16.0 Å². The quantitative estimate of drug-likeness (QED) is 0.762. The summed E-state index contributed by atoms with van der Waals surface area (Å²) in [6, 6.07) is 9.93. The first-order valence-corrected chi connectivity index (χ1v) is 6.22. The predicted molar refractivity (Wildman–Crippen MR) is 76.2 cm³/mol. The van der Waals surface area contributed by atoms with Crippen molar-refractivity contribution in [3.63, 3.8) is 0 Å². The number of hydrogen-bond donors (Lipinski definition) is 2. The number of aryl methyl sites for hydroxylation is 1. The SMILES string of the molecule is Cc1cc(-c2ccnc(Nc3ccc(F)cc3)n2)c[nH]1. The molecule has 0 saturated carbocycles. The van der Waals surface area contributed by atoms with Crippen molar-refractivity contribution in [2.45, 2.75) is 6.92 Å². The number of rotatable bonds is 3. The summed E-state index contributed by atoms with van der Waals surface area (Å²) in [5, 5.41) is 3.05. The second kappa shape index (κ2) is 5.13. The fraction of sp³-hybridized carbons (Fsp3) is 0.0667. The highest BCUT2D eigenvalue weighted by atomic mass is 19.1. The lowest BCUT2D eigenvalue weighted by molar-refractivity contribution is 0.628. The predicted octanol–water partition coefficient (Wildman–Crippen LogP) is 3.66. The second-order valence-corrected chi connectivity index (χ2v) is 4.47. The largest absolute Gasteiger partial charge is 0.365 e. The molecule has 0 bridgehead atoms. The molecule has 2 aromatic heterocycles. The Kier molecular flexibility index (Phi) is 3.16. The summed E-state index contributed by atoms with van der Waals surface area (Å²) in [7, 11) is 0. The van der Waals surface area contributed by atoms with Gasteiger partial charge >= 0.3 is 0 Å². The molecule has 4 nitrogen and oxygen atoms in total. The van der Waals surface area contributed by atoms with Gasteiger partial charge in [-0.3, -0.25) is 0 Å². The number of aromatic nitrogens is 3. The van der Waals surface area contributed by atoms with E-state index in [0.29, 0.717) is 5.95 Å². The number of nitrogens with zero attached hydrogens (tertiary/aromatic N) is 2. The molecule has 1 aromatic carbocycles. The molecule has 0 amide bonds. The fourth-order valence-corrected chi connectivity index (χ4v) is 1.90. The minimum atomic E-state index is -0.270. The molecule has 0 spiro atoms. The van der Waals surface area contributed by atoms with Gasteiger partial charge in [0, 0.05) is 29.3 Å². The Morgan fingerprint density at radius 1 is 1.15 bits per heavy atom. The van der Waals surface area contributed by atoms with E-state index in [1.54, 1.807) is 18.3 Å². The molecule has 0 radical (unpaired) electrons. The summed E-state index contributed by atoms with van der Waals surface area (Å²) in [6.07, 6.45) is 3.59. The summed E-state index contributed by atoms with van der Waals surface area (Å²) in [4.78, 5) is 11.7. The summed E-state index contributed by atoms with van der Waals surface area (Å²) in [5.74, 6) is 0.209. The van der Waals surface area contributed by atoms with Crippen molar-refractivity contribution < 1.29 is 4.39 Å². The average Bonchev–Trinajstić information content (AvgIpc) is 2.89. The van der Waals surface area contributed by atoms with Gasteiger partial charge in [0.1, 0.15) is 5.82 Å². The van der Waals surface area contributed by atoms with Gasteiger partial charge in [-0.25, -0.2) is 14.4 Å². The van der Waals surface area contributed by atoms with Crippen molar-refractivity contribution in [1.29, 1.82) is 0 Å². The number of halogens is 1. The summed E-state index contributed by atoms with van der Waals surface area (Å²) in [5.41, 5.74) is 3.65. The van der Waals surface area contributed by atoms with Crippen LogP contribution in [0.3, 0.4) is 0 Å². The monoisotopic (exact) mass is 268 g/mol. The molecule has 20 heavy (non-hydrogen) atoms. The zero-order chi connectivity index (χ0) is 13.9. The van der Waals surface area contributed by atoms with Crippen molar-refractivity contribution in [3.05, 3.63) is 60.3 Å². The Morgan fingerprint density at radius 3 is 2.65 bits per heavy atom. The zero-order valence-corrected chi connectivity index (χ0v) is 10.9. The van der Waals surface area contributed by atoms with Gasteiger partial charge in [0.05, 0.1) is 5.69 Å². The van der Waals surface area contributed by atoms with Gasteiger partial charge in [0.2, 0.25) is 5.95 Å². The van der Waals surface area contributed by atoms with E-state index in [4.69, 9.17) is 0 Å². The minimum Gasteiger partial charge on any atom is -0.365 e. The highest BCUT2D eigenvalue weighted by molar-refractivity contribution is 5.61. The van der Waals surface area contributed by atoms with Crippen molar-refractivity contribution in [2.24, 2.45) is 0 Å². The first-order valence-electron chi connectivity index (χ1n) is 6.22. The smallest absolute Gasteiger partial charge is 0.227 e. The van der Waals surface area contributed by atoms with Gasteiger partial charge < -0.3 is 10.3 Å². The number of H-pyrrole nitrogens is 1. The molecule has 0 fully saturated rings. The molecular formula is C15H13FN4. The highest BCUT2D eigenvalue weighted by Gasteiger charge is 2.04. The Labute approximate surface area is 115 Å². The molecule has 5 heteroatoms. The summed E-state index contributed by atoms with van der Waals surface area (Å²) < 4.78 is 12.9. The molecular weight excluding hydrogens is 255 g/mol. The van der Waals surface area contributed by atoms with Gasteiger partial charge in [-0.2, -0.15) is 0 Å². The molecule has 0 aliphatic rings. The standard InChI is InChI=1S/C15H13FN4/c1-10-8-11(9-18-10)14-6-7-17-15(20-14)19-13-4-2-12(16)3-5-13/h2-9,18H,1H3,(H,17,19,20). The average molecular weight is 268 g/mol. The summed E-state index contributed by atoms with van der Waals surface area (Å²) in [6.45, 7) is 1.99. The Bertz CT molecular complexity index is 719. The van der Waals surface area contributed by atoms with E-state index in [1.165, 1.54) is 12.1 Å². The molecule has 0 unspecified atom stereocenters. The first kappa shape index (κ1) is 12.3. The van der Waals surface area contributed by atoms with Crippen LogP contribution in [0, 0.1) is 12.7 Å². The lowest BCUT2D eigenvalue weighted by atomic mass is 10.2. The highest BCUT2D eigenvalue weighted by Crippen LogP contribution is 2.20. The number of benzene rings is 1. The maximum absolute atomic E-state index is 12.9. The molecule has 0 aliphatic carbocycles. The number of aromatic amines is 1. The van der Waals surface area contributed by atoms with Crippen LogP contribution in [0.2, 0.25) is 0 Å². The second-order valence-electron chi connectivity index (χ2n) is 4.47. The van der Waals surface area contributed by atoms with Gasteiger partial charge in [-0.15, -0.1) is 0 Å². The Morgan fingerprint density at radius 2 is 1.95 bits per heavy atom. The Balaban J connectivity index is 1.86. The molecule has 0 aliphatic heterocycles. The molecule has 3 aromatic rings. The van der Waals surface area contributed by atoms with E-state index < -0.39 is 0 Å². The van der Waals surface area contributed by atoms with E-state index >= 15 is 0 Å². The van der Waals surface area contributed by atoms with Crippen molar-refractivity contribution in [3.8, 4) is 11.3 Å². The van der Waals surface area contributed by atoms with Crippen molar-refractivity contribution >= 4 is 11.6 Å². The number of hydrogen-bond acceptors (Lipinski definition) is 3. The van der Waals surface area contributed by atoms with E-state index in [-0.39, 0.29) is 5.82 Å². The van der Waals surface area contributed by atoms with Crippen LogP contribution in [0.5, 0.6) is 0 Å². The zero-order valence-electron chi connectivity index (χ0n) is 10.9. The van der Waals surface area contributed by atoms with Crippen LogP contribution in [0.25, 0.3) is 11.3 Å². The van der Waals surface area contributed by atoms with Gasteiger partial charge in [0.25, 0.3) is 0 Å². The number of nitrogens with one attached hydrogen (secondary N) is 2. The van der Waals surface area contributed by atoms with Gasteiger partial charge in [0.15, 0.2) is 0 Å². The molecule has 0 saturated heterocycles. The number of anilines is 2. The third-order valence-electron chi connectivity index (χ3n) is 2.88. The first-order chi connectivity index (χ1) is 9.70. The molecule has 0 atom stereocenters. The summed E-state index contributed by atoms with van der Waals surface area (Å²) >= 11 is 0. The molecule has 100 valence electrons. The van der Waals surface area contributed by atoms with Crippen LogP contribution in [0.15, 0.2) is 48.8 Å². The van der Waals surface area contributed by atoms with Gasteiger partial charge in [-0.05, 0) is 43.3 Å². The van der Waals surface area contributed by atoms with Crippen LogP contribution in [0.1, 0.15) is 5.69 Å². The Hall–Kier alpha value is -2.69. The van der Waals surface area contributed by atoms with Gasteiger partial charge in [-0.1, -0.05) is 0 Å². The lowest BCUT2D eigenvalue weighted by Gasteiger charge is -2.05. The van der Waals surface area contributed by atoms with Crippen LogP contribution in [-0.2, 0) is 0 Å². The van der Waals surface area contributed by atoms with E-state index in [2.05, 4.69) is 20.3 Å². The fourth-order valence-electron chi connectivity index (χ4n) is 1.90. The lowest BCUT2D eigenvalue weighted by Crippen LogP contribution is -1.97. The maximum atomic E-state index is 12.9. The van der Waals surface area contributed by atoms with E-state index in [9.17, 15) is 4.39 Å². The minimum absolute atomic E-state index is 0.270. The third-order valence-corrected chi connectivity index (χ3v) is 2.88. The van der Waals surface area contributed by atoms with Crippen molar-refractivity contribution in [1.82, 2.24) is 15.0 Å². The van der Waals surface area contributed by atoms with Crippen LogP contribution < -0.4 is 5.32 Å². The van der Waals surface area contributed by atoms with Crippen molar-refractivity contribution in [2.75, 3.05) is 5.32 Å². The molecule has 3 rings (SSSR count). The molecule has 2 heterocycles. The van der Waals surface area contributed by atoms with E-state index in [0.717, 1.165) is 22.6 Å². The van der Waals surface area contributed by atoms with E-state index in [1.807, 2.05) is 25.3 Å². The molecule has 2 N–H and O–H groups in total.